The highest BCUT2D eigenvalue weighted by atomic mass is 32.2. The van der Waals surface area contributed by atoms with Gasteiger partial charge in [0.25, 0.3) is 0 Å². The van der Waals surface area contributed by atoms with Gasteiger partial charge < -0.3 is 4.90 Å². The first-order chi connectivity index (χ1) is 14.3. The third-order valence-corrected chi connectivity index (χ3v) is 5.82. The van der Waals surface area contributed by atoms with E-state index in [1.54, 1.807) is 16.9 Å². The molecule has 1 aliphatic heterocycles. The Morgan fingerprint density at radius 3 is 2.90 bits per heavy atom. The van der Waals surface area contributed by atoms with Crippen LogP contribution in [-0.4, -0.2) is 43.0 Å². The highest BCUT2D eigenvalue weighted by Gasteiger charge is 2.22. The van der Waals surface area contributed by atoms with Crippen molar-refractivity contribution >= 4 is 29.0 Å². The predicted molar refractivity (Wildman–Crippen MR) is 112 cm³/mol. The number of aryl methyl sites for hydroxylation is 1. The molecule has 5 rings (SSSR count). The molecule has 0 spiro atoms. The van der Waals surface area contributed by atoms with Crippen LogP contribution in [-0.2, 0) is 11.2 Å². The highest BCUT2D eigenvalue weighted by Crippen LogP contribution is 2.28. The van der Waals surface area contributed by atoms with Crippen molar-refractivity contribution in [1.29, 1.82) is 0 Å². The lowest BCUT2D eigenvalue weighted by Crippen LogP contribution is -2.36. The minimum Gasteiger partial charge on any atom is -0.311 e. The van der Waals surface area contributed by atoms with Crippen molar-refractivity contribution in [3.63, 3.8) is 0 Å². The van der Waals surface area contributed by atoms with Crippen LogP contribution in [0.4, 0.5) is 5.69 Å². The molecule has 0 radical (unpaired) electrons. The zero-order valence-corrected chi connectivity index (χ0v) is 16.4. The zero-order valence-electron chi connectivity index (χ0n) is 15.6. The van der Waals surface area contributed by atoms with Crippen LogP contribution in [0.3, 0.4) is 0 Å². The molecule has 0 bridgehead atoms. The summed E-state index contributed by atoms with van der Waals surface area (Å²) >= 11 is 1.42. The standard InChI is InChI=1S/C21H18N6OS/c28-20(26-12-4-7-15-5-1-2-8-17(15)26)14-29-19-10-9-18-23-24-21(27(18)25-19)16-6-3-11-22-13-16/h1-3,5-6,8-11,13H,4,7,12,14H2. The minimum atomic E-state index is 0.0975. The maximum absolute atomic E-state index is 12.9. The van der Waals surface area contributed by atoms with Crippen molar-refractivity contribution in [1.82, 2.24) is 24.8 Å². The number of thioether (sulfide) groups is 1. The van der Waals surface area contributed by atoms with E-state index in [0.29, 0.717) is 17.2 Å². The molecule has 0 saturated heterocycles. The van der Waals surface area contributed by atoms with Gasteiger partial charge in [-0.1, -0.05) is 30.0 Å². The summed E-state index contributed by atoms with van der Waals surface area (Å²) in [5.74, 6) is 1.06. The molecule has 1 aromatic carbocycles. The molecule has 1 amide bonds. The van der Waals surface area contributed by atoms with Gasteiger partial charge in [0.15, 0.2) is 11.5 Å². The number of benzene rings is 1. The Labute approximate surface area is 171 Å². The second-order valence-corrected chi connectivity index (χ2v) is 7.77. The quantitative estimate of drug-likeness (QED) is 0.488. The summed E-state index contributed by atoms with van der Waals surface area (Å²) in [6, 6.07) is 15.6. The first kappa shape index (κ1) is 17.8. The molecule has 29 heavy (non-hydrogen) atoms. The summed E-state index contributed by atoms with van der Waals surface area (Å²) in [7, 11) is 0. The Morgan fingerprint density at radius 1 is 1.07 bits per heavy atom. The molecule has 144 valence electrons. The SMILES string of the molecule is O=C(CSc1ccc2nnc(-c3cccnc3)n2n1)N1CCCc2ccccc21. The summed E-state index contributed by atoms with van der Waals surface area (Å²) in [5, 5.41) is 13.8. The molecule has 3 aromatic heterocycles. The number of hydrogen-bond donors (Lipinski definition) is 0. The van der Waals surface area contributed by atoms with Crippen molar-refractivity contribution in [2.75, 3.05) is 17.2 Å². The number of nitrogens with zero attached hydrogens (tertiary/aromatic N) is 6. The van der Waals surface area contributed by atoms with Crippen molar-refractivity contribution in [2.45, 2.75) is 17.9 Å². The van der Waals surface area contributed by atoms with E-state index in [1.807, 2.05) is 47.4 Å². The van der Waals surface area contributed by atoms with Crippen LogP contribution >= 0.6 is 11.8 Å². The van der Waals surface area contributed by atoms with Gasteiger partial charge in [0, 0.05) is 30.2 Å². The molecule has 0 fully saturated rings. The molecule has 0 saturated carbocycles. The summed E-state index contributed by atoms with van der Waals surface area (Å²) in [4.78, 5) is 18.9. The number of pyridine rings is 1. The number of para-hydroxylation sites is 1. The van der Waals surface area contributed by atoms with E-state index in [4.69, 9.17) is 0 Å². The molecule has 0 aliphatic carbocycles. The van der Waals surface area contributed by atoms with E-state index in [0.717, 1.165) is 35.7 Å². The molecule has 1 aliphatic rings. The van der Waals surface area contributed by atoms with Crippen LogP contribution in [0.5, 0.6) is 0 Å². The summed E-state index contributed by atoms with van der Waals surface area (Å²) < 4.78 is 1.69. The third kappa shape index (κ3) is 3.47. The maximum Gasteiger partial charge on any atom is 0.237 e. The van der Waals surface area contributed by atoms with Gasteiger partial charge in [-0.2, -0.15) is 9.61 Å². The van der Waals surface area contributed by atoms with E-state index in [-0.39, 0.29) is 5.91 Å². The molecular formula is C21H18N6OS. The molecule has 4 aromatic rings. The fourth-order valence-electron chi connectivity index (χ4n) is 3.53. The van der Waals surface area contributed by atoms with Gasteiger partial charge >= 0.3 is 0 Å². The van der Waals surface area contributed by atoms with E-state index < -0.39 is 0 Å². The van der Waals surface area contributed by atoms with Crippen LogP contribution in [0.25, 0.3) is 17.0 Å². The van der Waals surface area contributed by atoms with Crippen LogP contribution < -0.4 is 4.90 Å². The second kappa shape index (κ2) is 7.63. The van der Waals surface area contributed by atoms with E-state index in [2.05, 4.69) is 26.3 Å². The molecule has 0 atom stereocenters. The number of rotatable bonds is 4. The maximum atomic E-state index is 12.9. The Bertz CT molecular complexity index is 1180. The molecule has 8 heteroatoms. The number of hydrogen-bond acceptors (Lipinski definition) is 6. The summed E-state index contributed by atoms with van der Waals surface area (Å²) in [5.41, 5.74) is 3.77. The third-order valence-electron chi connectivity index (χ3n) is 4.91. The Balaban J connectivity index is 1.36. The van der Waals surface area contributed by atoms with Gasteiger partial charge in [0.1, 0.15) is 5.03 Å². The lowest BCUT2D eigenvalue weighted by atomic mass is 10.0. The minimum absolute atomic E-state index is 0.0975. The van der Waals surface area contributed by atoms with Gasteiger partial charge in [-0.05, 0) is 48.7 Å². The number of aromatic nitrogens is 5. The Kier molecular flexibility index (Phi) is 4.69. The van der Waals surface area contributed by atoms with Crippen LogP contribution in [0.1, 0.15) is 12.0 Å². The molecular weight excluding hydrogens is 384 g/mol. The molecule has 0 N–H and O–H groups in total. The summed E-state index contributed by atoms with van der Waals surface area (Å²) in [6.45, 7) is 0.763. The van der Waals surface area contributed by atoms with Crippen LogP contribution in [0.2, 0.25) is 0 Å². The number of carbonyl (C=O) groups is 1. The first-order valence-corrected chi connectivity index (χ1v) is 10.4. The fraction of sp³-hybridized carbons (Fsp3) is 0.190. The lowest BCUT2D eigenvalue weighted by Gasteiger charge is -2.29. The molecule has 0 unspecified atom stereocenters. The number of fused-ring (bicyclic) bond motifs is 2. The average molecular weight is 402 g/mol. The highest BCUT2D eigenvalue weighted by molar-refractivity contribution is 7.99. The first-order valence-electron chi connectivity index (χ1n) is 9.43. The van der Waals surface area contributed by atoms with E-state index >= 15 is 0 Å². The number of carbonyl (C=O) groups excluding carboxylic acids is 1. The summed E-state index contributed by atoms with van der Waals surface area (Å²) in [6.07, 6.45) is 5.46. The van der Waals surface area contributed by atoms with Crippen LogP contribution in [0, 0.1) is 0 Å². The molecule has 4 heterocycles. The van der Waals surface area contributed by atoms with Gasteiger partial charge in [0.05, 0.1) is 5.75 Å². The smallest absolute Gasteiger partial charge is 0.237 e. The molecule has 7 nitrogen and oxygen atoms in total. The monoisotopic (exact) mass is 402 g/mol. The lowest BCUT2D eigenvalue weighted by molar-refractivity contribution is -0.116. The van der Waals surface area contributed by atoms with Crippen molar-refractivity contribution < 1.29 is 4.79 Å². The van der Waals surface area contributed by atoms with Gasteiger partial charge in [0.2, 0.25) is 5.91 Å². The topological polar surface area (TPSA) is 76.3 Å². The predicted octanol–water partition coefficient (Wildman–Crippen LogP) is 3.26. The Morgan fingerprint density at radius 2 is 2.00 bits per heavy atom. The van der Waals surface area contributed by atoms with Gasteiger partial charge in [-0.15, -0.1) is 10.2 Å². The number of amides is 1. The number of anilines is 1. The van der Waals surface area contributed by atoms with Gasteiger partial charge in [-0.3, -0.25) is 9.78 Å². The van der Waals surface area contributed by atoms with Crippen LogP contribution in [0.15, 0.2) is 66.0 Å². The largest absolute Gasteiger partial charge is 0.311 e. The Hall–Kier alpha value is -3.26. The van der Waals surface area contributed by atoms with E-state index in [9.17, 15) is 4.79 Å². The average Bonchev–Trinajstić information content (AvgIpc) is 3.21. The normalized spacial score (nSPS) is 13.4. The van der Waals surface area contributed by atoms with E-state index in [1.165, 1.54) is 17.3 Å². The van der Waals surface area contributed by atoms with Crippen molar-refractivity contribution in [2.24, 2.45) is 0 Å². The zero-order chi connectivity index (χ0) is 19.6. The second-order valence-electron chi connectivity index (χ2n) is 6.77. The fourth-order valence-corrected chi connectivity index (χ4v) is 4.26. The van der Waals surface area contributed by atoms with Gasteiger partial charge in [-0.25, -0.2) is 0 Å². The van der Waals surface area contributed by atoms with Crippen molar-refractivity contribution in [3.05, 3.63) is 66.5 Å². The van der Waals surface area contributed by atoms with Crippen molar-refractivity contribution in [3.8, 4) is 11.4 Å².